The van der Waals surface area contributed by atoms with Crippen LogP contribution in [-0.2, 0) is 11.3 Å². The molecule has 0 bridgehead atoms. The van der Waals surface area contributed by atoms with Crippen LogP contribution >= 0.6 is 34.5 Å². The van der Waals surface area contributed by atoms with Gasteiger partial charge in [0.05, 0.1) is 5.39 Å². The van der Waals surface area contributed by atoms with Gasteiger partial charge in [0, 0.05) is 15.7 Å². The van der Waals surface area contributed by atoms with Crippen LogP contribution in [0.1, 0.15) is 20.8 Å². The Morgan fingerprint density at radius 1 is 1.10 bits per heavy atom. The Hall–Kier alpha value is -2.67. The van der Waals surface area contributed by atoms with Gasteiger partial charge in [-0.05, 0) is 36.2 Å². The lowest BCUT2D eigenvalue weighted by molar-refractivity contribution is 0.0478. The number of rotatable bonds is 5. The molecule has 2 aromatic carbocycles. The van der Waals surface area contributed by atoms with Crippen molar-refractivity contribution >= 4 is 62.2 Å². The number of halogens is 2. The number of anilines is 2. The van der Waals surface area contributed by atoms with E-state index in [1.807, 2.05) is 37.3 Å². The highest BCUT2D eigenvalue weighted by Gasteiger charge is 2.20. The highest BCUT2D eigenvalue weighted by Crippen LogP contribution is 2.35. The lowest BCUT2D eigenvalue weighted by atomic mass is 10.2. The first-order chi connectivity index (χ1) is 14.0. The van der Waals surface area contributed by atoms with Gasteiger partial charge in [-0.1, -0.05) is 53.5 Å². The molecule has 5 nitrogen and oxygen atoms in total. The maximum Gasteiger partial charge on any atom is 0.349 e. The first kappa shape index (κ1) is 19.6. The van der Waals surface area contributed by atoms with Crippen LogP contribution in [0.3, 0.4) is 0 Å². The predicted octanol–water partition coefficient (Wildman–Crippen LogP) is 6.41. The van der Waals surface area contributed by atoms with E-state index in [4.69, 9.17) is 27.9 Å². The van der Waals surface area contributed by atoms with Crippen molar-refractivity contribution in [2.75, 3.05) is 5.32 Å². The van der Waals surface area contributed by atoms with Crippen molar-refractivity contribution in [1.29, 1.82) is 0 Å². The fraction of sp³-hybridized carbons (Fsp3) is 0.0952. The van der Waals surface area contributed by atoms with E-state index in [9.17, 15) is 4.79 Å². The quantitative estimate of drug-likeness (QED) is 0.361. The van der Waals surface area contributed by atoms with E-state index in [0.29, 0.717) is 31.3 Å². The van der Waals surface area contributed by atoms with Crippen molar-refractivity contribution in [2.45, 2.75) is 13.5 Å². The summed E-state index contributed by atoms with van der Waals surface area (Å²) in [6.45, 7) is 2.07. The van der Waals surface area contributed by atoms with Gasteiger partial charge in [-0.2, -0.15) is 0 Å². The van der Waals surface area contributed by atoms with E-state index < -0.39 is 0 Å². The molecule has 0 fully saturated rings. The molecule has 0 atom stereocenters. The standard InChI is InChI=1S/C21H15Cl2N3O2S/c1-12-17-19(26-16-8-14(22)7-15(23)9-16)24-11-25-20(17)29-18(12)21(27)28-10-13-5-3-2-4-6-13/h2-9,11H,10H2,1H3,(H,24,25,26). The van der Waals surface area contributed by atoms with Crippen molar-refractivity contribution in [3.8, 4) is 0 Å². The number of nitrogens with one attached hydrogen (secondary N) is 1. The molecule has 0 spiro atoms. The third kappa shape index (κ3) is 4.34. The van der Waals surface area contributed by atoms with E-state index in [-0.39, 0.29) is 12.6 Å². The lowest BCUT2D eigenvalue weighted by Gasteiger charge is -2.08. The highest BCUT2D eigenvalue weighted by molar-refractivity contribution is 7.20. The summed E-state index contributed by atoms with van der Waals surface area (Å²) in [6.07, 6.45) is 1.45. The summed E-state index contributed by atoms with van der Waals surface area (Å²) in [5, 5.41) is 5.00. The van der Waals surface area contributed by atoms with Gasteiger partial charge in [-0.3, -0.25) is 0 Å². The lowest BCUT2D eigenvalue weighted by Crippen LogP contribution is -2.04. The molecule has 8 heteroatoms. The summed E-state index contributed by atoms with van der Waals surface area (Å²) in [5.74, 6) is 0.190. The van der Waals surface area contributed by atoms with Crippen LogP contribution in [0.25, 0.3) is 10.2 Å². The molecule has 146 valence electrons. The average Bonchev–Trinajstić information content (AvgIpc) is 3.04. The molecular weight excluding hydrogens is 429 g/mol. The molecule has 0 aliphatic heterocycles. The number of hydrogen-bond acceptors (Lipinski definition) is 6. The minimum absolute atomic E-state index is 0.213. The number of fused-ring (bicyclic) bond motifs is 1. The van der Waals surface area contributed by atoms with Crippen LogP contribution in [0.2, 0.25) is 10.0 Å². The van der Waals surface area contributed by atoms with Gasteiger partial charge in [0.2, 0.25) is 0 Å². The van der Waals surface area contributed by atoms with Crippen molar-refractivity contribution < 1.29 is 9.53 Å². The number of thiophene rings is 1. The number of hydrogen-bond donors (Lipinski definition) is 1. The van der Waals surface area contributed by atoms with Gasteiger partial charge in [-0.25, -0.2) is 14.8 Å². The first-order valence-corrected chi connectivity index (χ1v) is 10.3. The summed E-state index contributed by atoms with van der Waals surface area (Å²) < 4.78 is 5.48. The summed E-state index contributed by atoms with van der Waals surface area (Å²) in [5.41, 5.74) is 2.39. The van der Waals surface area contributed by atoms with Gasteiger partial charge in [-0.15, -0.1) is 11.3 Å². The third-order valence-electron chi connectivity index (χ3n) is 4.25. The third-order valence-corrected chi connectivity index (χ3v) is 5.87. The fourth-order valence-electron chi connectivity index (χ4n) is 2.91. The van der Waals surface area contributed by atoms with Crippen molar-refractivity contribution in [2.24, 2.45) is 0 Å². The number of aromatic nitrogens is 2. The number of benzene rings is 2. The molecular formula is C21H15Cl2N3O2S. The number of carbonyl (C=O) groups is 1. The number of ether oxygens (including phenoxy) is 1. The molecule has 29 heavy (non-hydrogen) atoms. The molecule has 0 aliphatic carbocycles. The minimum Gasteiger partial charge on any atom is -0.457 e. The number of esters is 1. The maximum absolute atomic E-state index is 12.7. The molecule has 0 aliphatic rings. The molecule has 4 aromatic rings. The van der Waals surface area contributed by atoms with Gasteiger partial charge >= 0.3 is 5.97 Å². The minimum atomic E-state index is -0.383. The van der Waals surface area contributed by atoms with Gasteiger partial charge in [0.15, 0.2) is 0 Å². The molecule has 4 rings (SSSR count). The van der Waals surface area contributed by atoms with Crippen molar-refractivity contribution in [1.82, 2.24) is 9.97 Å². The predicted molar refractivity (Wildman–Crippen MR) is 117 cm³/mol. The van der Waals surface area contributed by atoms with Crippen LogP contribution in [0.5, 0.6) is 0 Å². The second-order valence-electron chi connectivity index (χ2n) is 6.30. The topological polar surface area (TPSA) is 64.1 Å². The Bertz CT molecular complexity index is 1180. The van der Waals surface area contributed by atoms with Crippen LogP contribution in [0, 0.1) is 6.92 Å². The Morgan fingerprint density at radius 2 is 1.83 bits per heavy atom. The van der Waals surface area contributed by atoms with Crippen molar-refractivity contribution in [3.63, 3.8) is 0 Å². The van der Waals surface area contributed by atoms with Crippen LogP contribution in [0.4, 0.5) is 11.5 Å². The van der Waals surface area contributed by atoms with E-state index in [0.717, 1.165) is 16.5 Å². The van der Waals surface area contributed by atoms with Crippen molar-refractivity contribution in [3.05, 3.63) is 80.9 Å². The molecule has 0 amide bonds. The summed E-state index contributed by atoms with van der Waals surface area (Å²) in [7, 11) is 0. The Kier molecular flexibility index (Phi) is 5.67. The van der Waals surface area contributed by atoms with Gasteiger partial charge in [0.25, 0.3) is 0 Å². The zero-order valence-electron chi connectivity index (χ0n) is 15.3. The Morgan fingerprint density at radius 3 is 2.55 bits per heavy atom. The van der Waals surface area contributed by atoms with Crippen LogP contribution in [0.15, 0.2) is 54.9 Å². The molecule has 0 saturated carbocycles. The SMILES string of the molecule is Cc1c(C(=O)OCc2ccccc2)sc2ncnc(Nc3cc(Cl)cc(Cl)c3)c12. The maximum atomic E-state index is 12.7. The summed E-state index contributed by atoms with van der Waals surface area (Å²) in [6, 6.07) is 14.7. The molecule has 1 N–H and O–H groups in total. The Labute approximate surface area is 181 Å². The summed E-state index contributed by atoms with van der Waals surface area (Å²) in [4.78, 5) is 22.5. The molecule has 2 aromatic heterocycles. The van der Waals surface area contributed by atoms with Crippen LogP contribution < -0.4 is 5.32 Å². The van der Waals surface area contributed by atoms with Crippen LogP contribution in [-0.4, -0.2) is 15.9 Å². The monoisotopic (exact) mass is 443 g/mol. The number of nitrogens with zero attached hydrogens (tertiary/aromatic N) is 2. The largest absolute Gasteiger partial charge is 0.457 e. The second-order valence-corrected chi connectivity index (χ2v) is 8.18. The van der Waals surface area contributed by atoms with Gasteiger partial charge in [0.1, 0.15) is 28.5 Å². The molecule has 0 unspecified atom stereocenters. The van der Waals surface area contributed by atoms with E-state index in [1.165, 1.54) is 17.7 Å². The molecule has 0 saturated heterocycles. The zero-order chi connectivity index (χ0) is 20.4. The number of carbonyl (C=O) groups excluding carboxylic acids is 1. The highest BCUT2D eigenvalue weighted by atomic mass is 35.5. The normalized spacial score (nSPS) is 10.9. The van der Waals surface area contributed by atoms with E-state index in [1.54, 1.807) is 18.2 Å². The molecule has 2 heterocycles. The summed E-state index contributed by atoms with van der Waals surface area (Å²) >= 11 is 13.4. The smallest absolute Gasteiger partial charge is 0.349 e. The van der Waals surface area contributed by atoms with E-state index in [2.05, 4.69) is 15.3 Å². The Balaban J connectivity index is 1.63. The number of aryl methyl sites for hydroxylation is 1. The molecule has 0 radical (unpaired) electrons. The van der Waals surface area contributed by atoms with Gasteiger partial charge < -0.3 is 10.1 Å². The zero-order valence-corrected chi connectivity index (χ0v) is 17.6. The fourth-order valence-corrected chi connectivity index (χ4v) is 4.48. The average molecular weight is 444 g/mol. The van der Waals surface area contributed by atoms with E-state index >= 15 is 0 Å². The first-order valence-electron chi connectivity index (χ1n) is 8.69. The second kappa shape index (κ2) is 8.37.